The molecule has 7 heteroatoms. The third kappa shape index (κ3) is 5.41. The molecule has 180 valence electrons. The van der Waals surface area contributed by atoms with E-state index in [-0.39, 0.29) is 43.4 Å². The molecular weight excluding hydrogens is 432 g/mol. The lowest BCUT2D eigenvalue weighted by Crippen LogP contribution is -2.46. The molecule has 0 saturated heterocycles. The quantitative estimate of drug-likeness (QED) is 0.540. The second-order valence-electron chi connectivity index (χ2n) is 9.36. The van der Waals surface area contributed by atoms with Crippen LogP contribution in [0.4, 0.5) is 4.79 Å². The van der Waals surface area contributed by atoms with Gasteiger partial charge in [-0.15, -0.1) is 0 Å². The Morgan fingerprint density at radius 1 is 1.00 bits per heavy atom. The first-order valence-electron chi connectivity index (χ1n) is 12.0. The Labute approximate surface area is 199 Å². The van der Waals surface area contributed by atoms with E-state index >= 15 is 0 Å². The molecule has 1 saturated carbocycles. The molecule has 2 aliphatic rings. The van der Waals surface area contributed by atoms with Crippen molar-refractivity contribution in [1.29, 1.82) is 0 Å². The van der Waals surface area contributed by atoms with Crippen LogP contribution in [0.2, 0.25) is 0 Å². The van der Waals surface area contributed by atoms with Gasteiger partial charge in [0.1, 0.15) is 6.61 Å². The summed E-state index contributed by atoms with van der Waals surface area (Å²) in [6, 6.07) is 16.2. The second kappa shape index (κ2) is 10.7. The van der Waals surface area contributed by atoms with E-state index in [0.29, 0.717) is 0 Å². The van der Waals surface area contributed by atoms with Crippen LogP contribution in [0.15, 0.2) is 48.5 Å². The number of carboxylic acid groups (broad SMARTS) is 1. The van der Waals surface area contributed by atoms with E-state index in [1.54, 1.807) is 6.92 Å². The lowest BCUT2D eigenvalue weighted by Gasteiger charge is -2.32. The third-order valence-corrected chi connectivity index (χ3v) is 7.02. The number of carbonyl (C=O) groups excluding carboxylic acids is 2. The van der Waals surface area contributed by atoms with Crippen molar-refractivity contribution in [2.75, 3.05) is 13.2 Å². The Morgan fingerprint density at radius 3 is 2.26 bits per heavy atom. The van der Waals surface area contributed by atoms with Crippen molar-refractivity contribution in [1.82, 2.24) is 10.6 Å². The van der Waals surface area contributed by atoms with Crippen molar-refractivity contribution in [2.24, 2.45) is 11.8 Å². The van der Waals surface area contributed by atoms with E-state index in [2.05, 4.69) is 34.9 Å². The number of hydrogen-bond donors (Lipinski definition) is 3. The Morgan fingerprint density at radius 2 is 1.62 bits per heavy atom. The topological polar surface area (TPSA) is 105 Å². The fourth-order valence-corrected chi connectivity index (χ4v) is 5.17. The highest BCUT2D eigenvalue weighted by molar-refractivity contribution is 5.80. The minimum absolute atomic E-state index is 0.0173. The van der Waals surface area contributed by atoms with Gasteiger partial charge >= 0.3 is 12.1 Å². The van der Waals surface area contributed by atoms with Gasteiger partial charge < -0.3 is 20.5 Å². The predicted octanol–water partition coefficient (Wildman–Crippen LogP) is 4.31. The number of amides is 2. The van der Waals surface area contributed by atoms with Gasteiger partial charge in [-0.05, 0) is 41.0 Å². The lowest BCUT2D eigenvalue weighted by molar-refractivity contribution is -0.139. The van der Waals surface area contributed by atoms with Gasteiger partial charge in [0.2, 0.25) is 5.91 Å². The Kier molecular flexibility index (Phi) is 7.50. The van der Waals surface area contributed by atoms with E-state index in [4.69, 9.17) is 9.84 Å². The molecule has 0 aliphatic heterocycles. The number of nitrogens with one attached hydrogen (secondary N) is 2. The number of benzene rings is 2. The number of fused-ring (bicyclic) bond motifs is 3. The largest absolute Gasteiger partial charge is 0.481 e. The Bertz CT molecular complexity index is 1010. The second-order valence-corrected chi connectivity index (χ2v) is 9.36. The van der Waals surface area contributed by atoms with Crippen molar-refractivity contribution in [2.45, 2.75) is 51.0 Å². The molecule has 3 atom stereocenters. The van der Waals surface area contributed by atoms with Crippen LogP contribution in [0.5, 0.6) is 0 Å². The van der Waals surface area contributed by atoms with Crippen LogP contribution >= 0.6 is 0 Å². The predicted molar refractivity (Wildman–Crippen MR) is 128 cm³/mol. The third-order valence-electron chi connectivity index (χ3n) is 7.02. The normalized spacial score (nSPS) is 20.0. The van der Waals surface area contributed by atoms with E-state index in [9.17, 15) is 14.4 Å². The lowest BCUT2D eigenvalue weighted by atomic mass is 9.82. The molecule has 34 heavy (non-hydrogen) atoms. The average Bonchev–Trinajstić information content (AvgIpc) is 3.16. The Hall–Kier alpha value is -3.35. The molecule has 0 bridgehead atoms. The SMILES string of the molecule is CC(CNC(=O)OCC1c2ccccc2-c2ccccc21)C(=O)N[C@H]1CCCC[C@H]1CC(=O)O. The summed E-state index contributed by atoms with van der Waals surface area (Å²) in [6.45, 7) is 2.12. The first-order valence-corrected chi connectivity index (χ1v) is 12.0. The van der Waals surface area contributed by atoms with Crippen LogP contribution in [0.3, 0.4) is 0 Å². The monoisotopic (exact) mass is 464 g/mol. The number of carbonyl (C=O) groups is 3. The molecule has 0 heterocycles. The minimum atomic E-state index is -0.837. The zero-order valence-electron chi connectivity index (χ0n) is 19.5. The van der Waals surface area contributed by atoms with Gasteiger partial charge in [-0.3, -0.25) is 9.59 Å². The molecule has 2 aliphatic carbocycles. The first kappa shape index (κ1) is 23.8. The molecule has 3 N–H and O–H groups in total. The Balaban J connectivity index is 1.26. The molecular formula is C27H32N2O5. The van der Waals surface area contributed by atoms with E-state index in [1.165, 1.54) is 11.1 Å². The highest BCUT2D eigenvalue weighted by atomic mass is 16.5. The molecule has 2 aromatic carbocycles. The molecule has 0 aromatic heterocycles. The van der Waals surface area contributed by atoms with Crippen molar-refractivity contribution >= 4 is 18.0 Å². The summed E-state index contributed by atoms with van der Waals surface area (Å²) < 4.78 is 5.53. The number of aliphatic carboxylic acids is 1. The summed E-state index contributed by atoms with van der Waals surface area (Å²) in [6.07, 6.45) is 3.08. The maximum absolute atomic E-state index is 12.6. The smallest absolute Gasteiger partial charge is 0.407 e. The van der Waals surface area contributed by atoms with E-state index in [0.717, 1.165) is 36.8 Å². The summed E-state index contributed by atoms with van der Waals surface area (Å²) in [5, 5.41) is 14.8. The fourth-order valence-electron chi connectivity index (χ4n) is 5.17. The summed E-state index contributed by atoms with van der Waals surface area (Å²) in [4.78, 5) is 36.2. The number of rotatable bonds is 8. The molecule has 1 unspecified atom stereocenters. The van der Waals surface area contributed by atoms with Gasteiger partial charge in [-0.25, -0.2) is 4.79 Å². The van der Waals surface area contributed by atoms with E-state index in [1.807, 2.05) is 24.3 Å². The molecule has 4 rings (SSSR count). The number of ether oxygens (including phenoxy) is 1. The molecule has 1 fully saturated rings. The van der Waals surface area contributed by atoms with Crippen molar-refractivity contribution in [3.63, 3.8) is 0 Å². The summed E-state index contributed by atoms with van der Waals surface area (Å²) in [5.41, 5.74) is 4.63. The number of alkyl carbamates (subject to hydrolysis) is 1. The van der Waals surface area contributed by atoms with Crippen LogP contribution in [0.25, 0.3) is 11.1 Å². The minimum Gasteiger partial charge on any atom is -0.481 e. The van der Waals surface area contributed by atoms with Gasteiger partial charge in [0.15, 0.2) is 0 Å². The van der Waals surface area contributed by atoms with Crippen LogP contribution in [-0.2, 0) is 14.3 Å². The summed E-state index contributed by atoms with van der Waals surface area (Å²) >= 11 is 0. The van der Waals surface area contributed by atoms with Gasteiger partial charge in [0.25, 0.3) is 0 Å². The number of carboxylic acids is 1. The van der Waals surface area contributed by atoms with Gasteiger partial charge in [0.05, 0.1) is 12.3 Å². The van der Waals surface area contributed by atoms with Crippen LogP contribution in [-0.4, -0.2) is 42.3 Å². The van der Waals surface area contributed by atoms with Crippen LogP contribution < -0.4 is 10.6 Å². The zero-order chi connectivity index (χ0) is 24.1. The van der Waals surface area contributed by atoms with Gasteiger partial charge in [-0.1, -0.05) is 68.3 Å². The van der Waals surface area contributed by atoms with Gasteiger partial charge in [-0.2, -0.15) is 0 Å². The molecule has 0 radical (unpaired) electrons. The molecule has 7 nitrogen and oxygen atoms in total. The zero-order valence-corrected chi connectivity index (χ0v) is 19.5. The van der Waals surface area contributed by atoms with Crippen molar-refractivity contribution in [3.8, 4) is 11.1 Å². The van der Waals surface area contributed by atoms with E-state index < -0.39 is 18.0 Å². The standard InChI is InChI=1S/C27H32N2O5/c1-17(26(32)29-24-13-7-2-8-18(24)14-25(30)31)15-28-27(33)34-16-23-21-11-5-3-9-19(21)20-10-4-6-12-22(20)23/h3-6,9-12,17-18,23-24H,2,7-8,13-16H2,1H3,(H,28,33)(H,29,32)(H,30,31)/t17?,18-,24-/m0/s1. The number of hydrogen-bond acceptors (Lipinski definition) is 4. The first-order chi connectivity index (χ1) is 16.4. The maximum atomic E-state index is 12.6. The van der Waals surface area contributed by atoms with Crippen molar-refractivity contribution < 1.29 is 24.2 Å². The van der Waals surface area contributed by atoms with Gasteiger partial charge in [0, 0.05) is 18.5 Å². The van der Waals surface area contributed by atoms with Crippen molar-refractivity contribution in [3.05, 3.63) is 59.7 Å². The average molecular weight is 465 g/mol. The molecule has 2 aromatic rings. The highest BCUT2D eigenvalue weighted by Crippen LogP contribution is 2.44. The molecule has 0 spiro atoms. The summed E-state index contributed by atoms with van der Waals surface area (Å²) in [7, 11) is 0. The van der Waals surface area contributed by atoms with Crippen LogP contribution in [0, 0.1) is 11.8 Å². The van der Waals surface area contributed by atoms with Crippen LogP contribution in [0.1, 0.15) is 56.1 Å². The molecule has 2 amide bonds. The summed E-state index contributed by atoms with van der Waals surface area (Å²) in [5.74, 6) is -1.53. The highest BCUT2D eigenvalue weighted by Gasteiger charge is 2.31. The maximum Gasteiger partial charge on any atom is 0.407 e. The fraction of sp³-hybridized carbons (Fsp3) is 0.444.